The highest BCUT2D eigenvalue weighted by atomic mass is 16.3. The SMILES string of the molecule is O=C(NC(=O)c1ccccc1O)NC(=O)c1ccccc1O. The van der Waals surface area contributed by atoms with Gasteiger partial charge in [-0.15, -0.1) is 0 Å². The number of para-hydroxylation sites is 2. The normalized spacial score (nSPS) is 9.82. The zero-order chi connectivity index (χ0) is 16.1. The van der Waals surface area contributed by atoms with Crippen molar-refractivity contribution in [1.82, 2.24) is 10.6 Å². The van der Waals surface area contributed by atoms with Gasteiger partial charge in [-0.05, 0) is 24.3 Å². The van der Waals surface area contributed by atoms with Gasteiger partial charge < -0.3 is 10.2 Å². The van der Waals surface area contributed by atoms with Gasteiger partial charge in [0.2, 0.25) is 0 Å². The Balaban J connectivity index is 2.02. The average molecular weight is 300 g/mol. The lowest BCUT2D eigenvalue weighted by Crippen LogP contribution is -2.42. The molecule has 7 nitrogen and oxygen atoms in total. The molecule has 2 aromatic carbocycles. The summed E-state index contributed by atoms with van der Waals surface area (Å²) in [5, 5.41) is 22.8. The van der Waals surface area contributed by atoms with Crippen LogP contribution in [0.5, 0.6) is 11.5 Å². The van der Waals surface area contributed by atoms with E-state index in [4.69, 9.17) is 0 Å². The van der Waals surface area contributed by atoms with E-state index in [0.717, 1.165) is 0 Å². The van der Waals surface area contributed by atoms with E-state index < -0.39 is 17.8 Å². The van der Waals surface area contributed by atoms with E-state index in [0.29, 0.717) is 0 Å². The van der Waals surface area contributed by atoms with Crippen molar-refractivity contribution in [3.8, 4) is 11.5 Å². The summed E-state index contributed by atoms with van der Waals surface area (Å²) in [5.41, 5.74) is -0.208. The molecule has 0 aliphatic carbocycles. The molecule has 0 aromatic heterocycles. The first kappa shape index (κ1) is 15.0. The van der Waals surface area contributed by atoms with Crippen LogP contribution in [0.25, 0.3) is 0 Å². The quantitative estimate of drug-likeness (QED) is 0.668. The van der Waals surface area contributed by atoms with Crippen LogP contribution < -0.4 is 10.6 Å². The Hall–Kier alpha value is -3.35. The van der Waals surface area contributed by atoms with E-state index >= 15 is 0 Å². The molecule has 4 amide bonds. The smallest absolute Gasteiger partial charge is 0.328 e. The Morgan fingerprint density at radius 3 is 1.41 bits per heavy atom. The second-order valence-corrected chi connectivity index (χ2v) is 4.27. The largest absolute Gasteiger partial charge is 0.507 e. The van der Waals surface area contributed by atoms with Gasteiger partial charge in [0.05, 0.1) is 11.1 Å². The Morgan fingerprint density at radius 2 is 1.05 bits per heavy atom. The topological polar surface area (TPSA) is 116 Å². The molecule has 22 heavy (non-hydrogen) atoms. The molecule has 2 rings (SSSR count). The highest BCUT2D eigenvalue weighted by Crippen LogP contribution is 2.16. The number of nitrogens with one attached hydrogen (secondary N) is 2. The number of benzene rings is 2. The van der Waals surface area contributed by atoms with Crippen LogP contribution in [0.4, 0.5) is 4.79 Å². The summed E-state index contributed by atoms with van der Waals surface area (Å²) in [6.45, 7) is 0. The molecule has 4 N–H and O–H groups in total. The maximum absolute atomic E-state index is 11.8. The Bertz CT molecular complexity index is 681. The number of hydrogen-bond acceptors (Lipinski definition) is 5. The summed E-state index contributed by atoms with van der Waals surface area (Å²) in [7, 11) is 0. The number of imide groups is 2. The third-order valence-electron chi connectivity index (χ3n) is 2.75. The van der Waals surface area contributed by atoms with Gasteiger partial charge in [0, 0.05) is 0 Å². The Labute approximate surface area is 125 Å². The second kappa shape index (κ2) is 6.40. The lowest BCUT2D eigenvalue weighted by atomic mass is 10.2. The number of amides is 4. The van der Waals surface area contributed by atoms with Crippen LogP contribution in [-0.4, -0.2) is 28.1 Å². The molecular formula is C15H12N2O5. The van der Waals surface area contributed by atoms with Crippen molar-refractivity contribution in [2.45, 2.75) is 0 Å². The van der Waals surface area contributed by atoms with Crippen molar-refractivity contribution < 1.29 is 24.6 Å². The molecule has 0 saturated carbocycles. The van der Waals surface area contributed by atoms with E-state index in [-0.39, 0.29) is 22.6 Å². The fourth-order valence-corrected chi connectivity index (χ4v) is 1.70. The Kier molecular flexibility index (Phi) is 4.38. The summed E-state index contributed by atoms with van der Waals surface area (Å²) in [5.74, 6) is -2.30. The van der Waals surface area contributed by atoms with Gasteiger partial charge in [0.15, 0.2) is 0 Å². The molecule has 0 aliphatic rings. The van der Waals surface area contributed by atoms with E-state index in [1.54, 1.807) is 0 Å². The van der Waals surface area contributed by atoms with Gasteiger partial charge in [-0.25, -0.2) is 4.79 Å². The number of aromatic hydroxyl groups is 2. The first-order chi connectivity index (χ1) is 10.5. The van der Waals surface area contributed by atoms with Crippen molar-refractivity contribution in [2.75, 3.05) is 0 Å². The van der Waals surface area contributed by atoms with Crippen molar-refractivity contribution in [3.05, 3.63) is 59.7 Å². The lowest BCUT2D eigenvalue weighted by molar-refractivity contribution is 0.0942. The number of phenolic OH excluding ortho intramolecular Hbond substituents is 2. The van der Waals surface area contributed by atoms with Gasteiger partial charge in [-0.3, -0.25) is 20.2 Å². The summed E-state index contributed by atoms with van der Waals surface area (Å²) < 4.78 is 0. The van der Waals surface area contributed by atoms with Gasteiger partial charge >= 0.3 is 6.03 Å². The van der Waals surface area contributed by atoms with Crippen LogP contribution >= 0.6 is 0 Å². The van der Waals surface area contributed by atoms with Gasteiger partial charge in [-0.2, -0.15) is 0 Å². The third-order valence-corrected chi connectivity index (χ3v) is 2.75. The van der Waals surface area contributed by atoms with Crippen LogP contribution in [0.3, 0.4) is 0 Å². The van der Waals surface area contributed by atoms with Crippen molar-refractivity contribution in [1.29, 1.82) is 0 Å². The fraction of sp³-hybridized carbons (Fsp3) is 0. The molecule has 2 aromatic rings. The standard InChI is InChI=1S/C15H12N2O5/c18-11-7-3-1-5-9(11)13(20)16-15(22)17-14(21)10-6-2-4-8-12(10)19/h1-8,18-19H,(H2,16,17,20,21,22). The molecule has 0 unspecified atom stereocenters. The van der Waals surface area contributed by atoms with E-state index in [1.165, 1.54) is 48.5 Å². The molecule has 0 bridgehead atoms. The predicted octanol–water partition coefficient (Wildman–Crippen LogP) is 1.38. The molecular weight excluding hydrogens is 288 g/mol. The highest BCUT2D eigenvalue weighted by Gasteiger charge is 2.17. The molecule has 0 aliphatic heterocycles. The van der Waals surface area contributed by atoms with Gasteiger partial charge in [0.1, 0.15) is 11.5 Å². The third kappa shape index (κ3) is 3.40. The number of rotatable bonds is 2. The Morgan fingerprint density at radius 1 is 0.682 bits per heavy atom. The van der Waals surface area contributed by atoms with Crippen molar-refractivity contribution >= 4 is 17.8 Å². The summed E-state index contributed by atoms with van der Waals surface area (Å²) in [6.07, 6.45) is 0. The number of phenols is 2. The lowest BCUT2D eigenvalue weighted by Gasteiger charge is -2.07. The van der Waals surface area contributed by atoms with Crippen LogP contribution in [0.1, 0.15) is 20.7 Å². The molecule has 7 heteroatoms. The molecule has 0 fully saturated rings. The van der Waals surface area contributed by atoms with Crippen LogP contribution in [-0.2, 0) is 0 Å². The summed E-state index contributed by atoms with van der Waals surface area (Å²) >= 11 is 0. The molecule has 0 spiro atoms. The summed E-state index contributed by atoms with van der Waals surface area (Å²) in [6, 6.07) is 10.2. The maximum atomic E-state index is 11.8. The molecule has 0 saturated heterocycles. The van der Waals surface area contributed by atoms with E-state index in [9.17, 15) is 24.6 Å². The highest BCUT2D eigenvalue weighted by molar-refractivity contribution is 6.12. The van der Waals surface area contributed by atoms with Crippen molar-refractivity contribution in [3.63, 3.8) is 0 Å². The zero-order valence-electron chi connectivity index (χ0n) is 11.2. The molecule has 0 radical (unpaired) electrons. The number of hydrogen-bond donors (Lipinski definition) is 4. The second-order valence-electron chi connectivity index (χ2n) is 4.27. The minimum absolute atomic E-state index is 0.104. The molecule has 0 atom stereocenters. The summed E-state index contributed by atoms with van der Waals surface area (Å²) in [4.78, 5) is 35.1. The van der Waals surface area contributed by atoms with E-state index in [2.05, 4.69) is 0 Å². The van der Waals surface area contributed by atoms with Crippen molar-refractivity contribution in [2.24, 2.45) is 0 Å². The number of carbonyl (C=O) groups excluding carboxylic acids is 3. The monoisotopic (exact) mass is 300 g/mol. The predicted molar refractivity (Wildman–Crippen MR) is 76.5 cm³/mol. The van der Waals surface area contributed by atoms with Crippen LogP contribution in [0, 0.1) is 0 Å². The zero-order valence-corrected chi connectivity index (χ0v) is 11.2. The number of carbonyl (C=O) groups is 3. The van der Waals surface area contributed by atoms with Crippen LogP contribution in [0.15, 0.2) is 48.5 Å². The first-order valence-electron chi connectivity index (χ1n) is 6.21. The minimum atomic E-state index is -1.07. The van der Waals surface area contributed by atoms with Gasteiger partial charge in [0.25, 0.3) is 11.8 Å². The van der Waals surface area contributed by atoms with Crippen LogP contribution in [0.2, 0.25) is 0 Å². The van der Waals surface area contributed by atoms with E-state index in [1.807, 2.05) is 10.6 Å². The maximum Gasteiger partial charge on any atom is 0.328 e. The first-order valence-corrected chi connectivity index (χ1v) is 6.21. The van der Waals surface area contributed by atoms with Gasteiger partial charge in [-0.1, -0.05) is 24.3 Å². The number of urea groups is 1. The molecule has 0 heterocycles. The average Bonchev–Trinajstić information content (AvgIpc) is 2.47. The molecule has 112 valence electrons. The minimum Gasteiger partial charge on any atom is -0.507 e. The fourth-order valence-electron chi connectivity index (χ4n) is 1.70.